The smallest absolute Gasteiger partial charge is 0.161 e. The van der Waals surface area contributed by atoms with Gasteiger partial charge in [-0.15, -0.1) is 0 Å². The van der Waals surface area contributed by atoms with Crippen LogP contribution in [0.3, 0.4) is 0 Å². The highest BCUT2D eigenvalue weighted by molar-refractivity contribution is 5.26. The van der Waals surface area contributed by atoms with Crippen molar-refractivity contribution in [3.8, 4) is 0 Å². The lowest BCUT2D eigenvalue weighted by atomic mass is 10.00. The molecule has 0 aromatic heterocycles. The molecule has 0 amide bonds. The fraction of sp³-hybridized carbons (Fsp3) is 0.500. The van der Waals surface area contributed by atoms with Crippen LogP contribution in [0.15, 0.2) is 12.1 Å². The number of nitrogens with zero attached hydrogens (tertiary/aromatic N) is 1. The van der Waals surface area contributed by atoms with Crippen LogP contribution >= 0.6 is 0 Å². The van der Waals surface area contributed by atoms with Gasteiger partial charge < -0.3 is 5.73 Å². The van der Waals surface area contributed by atoms with Crippen LogP contribution in [0.5, 0.6) is 0 Å². The Hall–Kier alpha value is -1.07. The van der Waals surface area contributed by atoms with Crippen LogP contribution in [0.4, 0.5) is 13.2 Å². The molecule has 2 rings (SSSR count). The topological polar surface area (TPSA) is 29.3 Å². The fourth-order valence-corrected chi connectivity index (χ4v) is 2.43. The Bertz CT molecular complexity index is 422. The van der Waals surface area contributed by atoms with Crippen molar-refractivity contribution in [3.63, 3.8) is 0 Å². The van der Waals surface area contributed by atoms with E-state index in [2.05, 4.69) is 0 Å². The monoisotopic (exact) mass is 244 g/mol. The van der Waals surface area contributed by atoms with E-state index in [-0.39, 0.29) is 17.6 Å². The van der Waals surface area contributed by atoms with Gasteiger partial charge in [0, 0.05) is 24.2 Å². The van der Waals surface area contributed by atoms with Crippen LogP contribution in [0.1, 0.15) is 24.9 Å². The van der Waals surface area contributed by atoms with Crippen LogP contribution < -0.4 is 5.73 Å². The third-order valence-electron chi connectivity index (χ3n) is 3.31. The molecule has 0 saturated carbocycles. The van der Waals surface area contributed by atoms with Crippen molar-refractivity contribution in [1.29, 1.82) is 0 Å². The number of benzene rings is 1. The summed E-state index contributed by atoms with van der Waals surface area (Å²) in [7, 11) is 0. The van der Waals surface area contributed by atoms with Gasteiger partial charge in [0.25, 0.3) is 0 Å². The van der Waals surface area contributed by atoms with Gasteiger partial charge in [-0.2, -0.15) is 0 Å². The number of nitrogens with two attached hydrogens (primary N) is 1. The Balaban J connectivity index is 2.42. The van der Waals surface area contributed by atoms with E-state index in [9.17, 15) is 13.2 Å². The molecule has 1 heterocycles. The summed E-state index contributed by atoms with van der Waals surface area (Å²) in [4.78, 5) is 1.97. The van der Waals surface area contributed by atoms with E-state index in [1.807, 2.05) is 11.8 Å². The molecule has 17 heavy (non-hydrogen) atoms. The zero-order valence-electron chi connectivity index (χ0n) is 9.59. The molecule has 1 aromatic rings. The molecule has 0 spiro atoms. The molecule has 2 N–H and O–H groups in total. The molecular weight excluding hydrogens is 229 g/mol. The molecule has 0 radical (unpaired) electrons. The van der Waals surface area contributed by atoms with Crippen molar-refractivity contribution in [2.24, 2.45) is 5.73 Å². The molecule has 1 saturated heterocycles. The molecular formula is C12H15F3N2. The zero-order valence-corrected chi connectivity index (χ0v) is 9.59. The number of likely N-dealkylation sites (N-methyl/N-ethyl adjacent to an activating group) is 1. The summed E-state index contributed by atoms with van der Waals surface area (Å²) in [5.41, 5.74) is 6.06. The van der Waals surface area contributed by atoms with Crippen LogP contribution in [-0.2, 0) is 0 Å². The zero-order chi connectivity index (χ0) is 12.6. The van der Waals surface area contributed by atoms with Crippen molar-refractivity contribution in [2.45, 2.75) is 25.4 Å². The van der Waals surface area contributed by atoms with Gasteiger partial charge in [0.15, 0.2) is 11.6 Å². The second-order valence-corrected chi connectivity index (χ2v) is 4.31. The van der Waals surface area contributed by atoms with Crippen molar-refractivity contribution >= 4 is 0 Å². The van der Waals surface area contributed by atoms with Gasteiger partial charge in [0.05, 0.1) is 6.04 Å². The molecule has 1 fully saturated rings. The summed E-state index contributed by atoms with van der Waals surface area (Å²) >= 11 is 0. The van der Waals surface area contributed by atoms with E-state index in [1.54, 1.807) is 0 Å². The minimum Gasteiger partial charge on any atom is -0.326 e. The van der Waals surface area contributed by atoms with E-state index in [0.717, 1.165) is 19.0 Å². The van der Waals surface area contributed by atoms with Crippen molar-refractivity contribution in [3.05, 3.63) is 35.1 Å². The molecule has 1 aromatic carbocycles. The molecule has 94 valence electrons. The van der Waals surface area contributed by atoms with Gasteiger partial charge in [-0.3, -0.25) is 4.90 Å². The summed E-state index contributed by atoms with van der Waals surface area (Å²) in [6, 6.07) is 0.900. The lowest BCUT2D eigenvalue weighted by Gasteiger charge is -2.26. The Morgan fingerprint density at radius 1 is 1.24 bits per heavy atom. The maximum atomic E-state index is 13.7. The van der Waals surface area contributed by atoms with E-state index in [4.69, 9.17) is 5.73 Å². The minimum absolute atomic E-state index is 0.149. The highest BCUT2D eigenvalue weighted by atomic mass is 19.2. The third kappa shape index (κ3) is 2.17. The first kappa shape index (κ1) is 12.4. The molecule has 2 atom stereocenters. The highest BCUT2D eigenvalue weighted by Gasteiger charge is 2.34. The van der Waals surface area contributed by atoms with Crippen LogP contribution in [0.25, 0.3) is 0 Å². The fourth-order valence-electron chi connectivity index (χ4n) is 2.43. The Kier molecular flexibility index (Phi) is 3.40. The lowest BCUT2D eigenvalue weighted by molar-refractivity contribution is 0.254. The van der Waals surface area contributed by atoms with E-state index < -0.39 is 17.5 Å². The number of rotatable bonds is 2. The lowest BCUT2D eigenvalue weighted by Crippen LogP contribution is -2.32. The predicted octanol–water partition coefficient (Wildman–Crippen LogP) is 2.20. The average Bonchev–Trinajstić information content (AvgIpc) is 2.65. The van der Waals surface area contributed by atoms with E-state index >= 15 is 0 Å². The molecule has 0 aliphatic carbocycles. The van der Waals surface area contributed by atoms with Crippen LogP contribution in [0.2, 0.25) is 0 Å². The molecule has 0 bridgehead atoms. The van der Waals surface area contributed by atoms with Crippen molar-refractivity contribution in [1.82, 2.24) is 4.90 Å². The van der Waals surface area contributed by atoms with E-state index in [0.29, 0.717) is 12.6 Å². The molecule has 2 unspecified atom stereocenters. The second-order valence-electron chi connectivity index (χ2n) is 4.31. The summed E-state index contributed by atoms with van der Waals surface area (Å²) in [6.07, 6.45) is 0.733. The normalized spacial score (nSPS) is 25.5. The maximum absolute atomic E-state index is 13.7. The Morgan fingerprint density at radius 3 is 2.53 bits per heavy atom. The predicted molar refractivity (Wildman–Crippen MR) is 58.9 cm³/mol. The molecule has 5 heteroatoms. The quantitative estimate of drug-likeness (QED) is 0.808. The number of hydrogen-bond acceptors (Lipinski definition) is 2. The van der Waals surface area contributed by atoms with Crippen molar-refractivity contribution < 1.29 is 13.2 Å². The first-order valence-electron chi connectivity index (χ1n) is 5.68. The molecule has 2 nitrogen and oxygen atoms in total. The average molecular weight is 244 g/mol. The SMILES string of the molecule is CCN1CCC(N)C1c1cc(F)c(F)cc1F. The number of halogens is 3. The summed E-state index contributed by atoms with van der Waals surface area (Å²) in [5.74, 6) is -2.93. The maximum Gasteiger partial charge on any atom is 0.161 e. The van der Waals surface area contributed by atoms with Gasteiger partial charge >= 0.3 is 0 Å². The van der Waals surface area contributed by atoms with Crippen LogP contribution in [-0.4, -0.2) is 24.0 Å². The molecule has 1 aliphatic heterocycles. The van der Waals surface area contributed by atoms with Gasteiger partial charge in [-0.25, -0.2) is 13.2 Å². The second kappa shape index (κ2) is 4.66. The summed E-state index contributed by atoms with van der Waals surface area (Å²) in [6.45, 7) is 3.39. The van der Waals surface area contributed by atoms with Gasteiger partial charge in [0.2, 0.25) is 0 Å². The van der Waals surface area contributed by atoms with E-state index in [1.165, 1.54) is 0 Å². The Morgan fingerprint density at radius 2 is 1.88 bits per heavy atom. The number of likely N-dealkylation sites (tertiary alicyclic amines) is 1. The van der Waals surface area contributed by atoms with Gasteiger partial charge in [0.1, 0.15) is 5.82 Å². The Labute approximate surface area is 98.2 Å². The number of hydrogen-bond donors (Lipinski definition) is 1. The van der Waals surface area contributed by atoms with Gasteiger partial charge in [-0.05, 0) is 19.0 Å². The third-order valence-corrected chi connectivity index (χ3v) is 3.31. The van der Waals surface area contributed by atoms with Gasteiger partial charge in [-0.1, -0.05) is 6.92 Å². The largest absolute Gasteiger partial charge is 0.326 e. The minimum atomic E-state index is -1.17. The molecule has 1 aliphatic rings. The summed E-state index contributed by atoms with van der Waals surface area (Å²) in [5, 5.41) is 0. The summed E-state index contributed by atoms with van der Waals surface area (Å²) < 4.78 is 39.7. The first-order chi connectivity index (χ1) is 8.04. The van der Waals surface area contributed by atoms with Crippen LogP contribution in [0, 0.1) is 17.5 Å². The highest BCUT2D eigenvalue weighted by Crippen LogP contribution is 2.33. The first-order valence-corrected chi connectivity index (χ1v) is 5.68. The standard InChI is InChI=1S/C12H15F3N2/c1-2-17-4-3-11(16)12(17)7-5-9(14)10(15)6-8(7)13/h5-6,11-12H,2-4,16H2,1H3. The van der Waals surface area contributed by atoms with Crippen molar-refractivity contribution in [2.75, 3.05) is 13.1 Å².